The molecule has 1 aliphatic carbocycles. The number of halogens is 1. The predicted molar refractivity (Wildman–Crippen MR) is 61.4 cm³/mol. The van der Waals surface area contributed by atoms with E-state index in [1.807, 2.05) is 6.07 Å². The van der Waals surface area contributed by atoms with Crippen LogP contribution in [0.4, 0.5) is 10.1 Å². The van der Waals surface area contributed by atoms with Crippen LogP contribution >= 0.6 is 0 Å². The standard InChI is InChI=1S/C13H11FN2O/c14-11-3-5-12(6-4-11)16-8-10(7-15)13(17)9-1-2-9/h3-6,8-9,16H,1-2H2/b10-8+. The maximum Gasteiger partial charge on any atom is 0.177 e. The number of nitrogens with one attached hydrogen (secondary N) is 1. The molecule has 0 radical (unpaired) electrons. The smallest absolute Gasteiger partial charge is 0.177 e. The van der Waals surface area contributed by atoms with Gasteiger partial charge in [0.05, 0.1) is 0 Å². The number of rotatable bonds is 4. The Labute approximate surface area is 98.6 Å². The van der Waals surface area contributed by atoms with Crippen molar-refractivity contribution in [1.29, 1.82) is 5.26 Å². The van der Waals surface area contributed by atoms with Crippen molar-refractivity contribution in [2.24, 2.45) is 5.92 Å². The number of ketones is 1. The SMILES string of the molecule is N#C/C(=C\Nc1ccc(F)cc1)C(=O)C1CC1. The number of allylic oxidation sites excluding steroid dienone is 1. The molecule has 3 nitrogen and oxygen atoms in total. The number of carbonyl (C=O) groups excluding carboxylic acids is 1. The van der Waals surface area contributed by atoms with Crippen molar-refractivity contribution in [3.8, 4) is 6.07 Å². The maximum absolute atomic E-state index is 12.6. The van der Waals surface area contributed by atoms with Gasteiger partial charge in [0.2, 0.25) is 0 Å². The second kappa shape index (κ2) is 4.79. The van der Waals surface area contributed by atoms with Crippen LogP contribution in [0, 0.1) is 23.1 Å². The third kappa shape index (κ3) is 2.91. The summed E-state index contributed by atoms with van der Waals surface area (Å²) in [5.41, 5.74) is 0.763. The molecule has 0 heterocycles. The van der Waals surface area contributed by atoms with Gasteiger partial charge in [0.1, 0.15) is 17.5 Å². The quantitative estimate of drug-likeness (QED) is 0.639. The van der Waals surface area contributed by atoms with E-state index >= 15 is 0 Å². The zero-order chi connectivity index (χ0) is 12.3. The van der Waals surface area contributed by atoms with Crippen molar-refractivity contribution in [3.63, 3.8) is 0 Å². The second-order valence-corrected chi connectivity index (χ2v) is 3.96. The van der Waals surface area contributed by atoms with Crippen LogP contribution in [0.1, 0.15) is 12.8 Å². The Hall–Kier alpha value is -2.15. The van der Waals surface area contributed by atoms with Gasteiger partial charge >= 0.3 is 0 Å². The number of nitriles is 1. The number of Topliss-reactive ketones (excluding diaryl/α,β-unsaturated/α-hetero) is 1. The average Bonchev–Trinajstić information content (AvgIpc) is 3.16. The molecule has 0 saturated heterocycles. The lowest BCUT2D eigenvalue weighted by Gasteiger charge is -2.01. The third-order valence-electron chi connectivity index (χ3n) is 2.56. The van der Waals surface area contributed by atoms with Crippen LogP contribution in [0.5, 0.6) is 0 Å². The van der Waals surface area contributed by atoms with E-state index in [1.165, 1.54) is 18.3 Å². The zero-order valence-corrected chi connectivity index (χ0v) is 9.11. The minimum atomic E-state index is -0.325. The fourth-order valence-electron chi connectivity index (χ4n) is 1.43. The van der Waals surface area contributed by atoms with Crippen LogP contribution in [-0.4, -0.2) is 5.78 Å². The Morgan fingerprint density at radius 1 is 1.41 bits per heavy atom. The van der Waals surface area contributed by atoms with Gasteiger partial charge in [-0.15, -0.1) is 0 Å². The number of benzene rings is 1. The van der Waals surface area contributed by atoms with E-state index in [4.69, 9.17) is 5.26 Å². The molecule has 86 valence electrons. The van der Waals surface area contributed by atoms with Crippen molar-refractivity contribution in [3.05, 3.63) is 41.9 Å². The number of anilines is 1. The third-order valence-corrected chi connectivity index (χ3v) is 2.56. The van der Waals surface area contributed by atoms with Crippen LogP contribution < -0.4 is 5.32 Å². The molecule has 1 N–H and O–H groups in total. The van der Waals surface area contributed by atoms with Gasteiger partial charge in [-0.2, -0.15) is 5.26 Å². The van der Waals surface area contributed by atoms with Crippen LogP contribution in [0.2, 0.25) is 0 Å². The molecular formula is C13H11FN2O. The minimum absolute atomic E-state index is 0.0240. The Kier molecular flexibility index (Phi) is 3.20. The molecule has 1 saturated carbocycles. The molecule has 0 aromatic heterocycles. The van der Waals surface area contributed by atoms with Crippen molar-refractivity contribution in [2.45, 2.75) is 12.8 Å². The summed E-state index contributed by atoms with van der Waals surface area (Å²) in [6.07, 6.45) is 3.12. The highest BCUT2D eigenvalue weighted by Crippen LogP contribution is 2.32. The van der Waals surface area contributed by atoms with E-state index in [9.17, 15) is 9.18 Å². The van der Waals surface area contributed by atoms with Crippen molar-refractivity contribution < 1.29 is 9.18 Å². The summed E-state index contributed by atoms with van der Waals surface area (Å²) < 4.78 is 12.6. The predicted octanol–water partition coefficient (Wildman–Crippen LogP) is 2.62. The largest absolute Gasteiger partial charge is 0.360 e. The molecule has 1 aromatic rings. The van der Waals surface area contributed by atoms with Crippen LogP contribution in [0.25, 0.3) is 0 Å². The fourth-order valence-corrected chi connectivity index (χ4v) is 1.43. The first-order valence-corrected chi connectivity index (χ1v) is 5.37. The molecule has 0 bridgehead atoms. The van der Waals surface area contributed by atoms with Gasteiger partial charge in [-0.25, -0.2) is 4.39 Å². The summed E-state index contributed by atoms with van der Waals surface area (Å²) in [5, 5.41) is 11.7. The first-order chi connectivity index (χ1) is 8.20. The van der Waals surface area contributed by atoms with Gasteiger partial charge < -0.3 is 5.32 Å². The molecule has 0 spiro atoms. The lowest BCUT2D eigenvalue weighted by atomic mass is 10.1. The summed E-state index contributed by atoms with van der Waals surface area (Å²) in [6.45, 7) is 0. The van der Waals surface area contributed by atoms with E-state index < -0.39 is 0 Å². The molecule has 1 aromatic carbocycles. The highest BCUT2D eigenvalue weighted by molar-refractivity contribution is 6.02. The molecule has 0 amide bonds. The van der Waals surface area contributed by atoms with Crippen molar-refractivity contribution in [1.82, 2.24) is 0 Å². The highest BCUT2D eigenvalue weighted by Gasteiger charge is 2.31. The summed E-state index contributed by atoms with van der Waals surface area (Å²) in [5.74, 6) is -0.410. The monoisotopic (exact) mass is 230 g/mol. The number of nitrogens with zero attached hydrogens (tertiary/aromatic N) is 1. The van der Waals surface area contributed by atoms with E-state index in [0.717, 1.165) is 12.8 Å². The van der Waals surface area contributed by atoms with Crippen molar-refractivity contribution in [2.75, 3.05) is 5.32 Å². The molecule has 1 fully saturated rings. The first kappa shape index (κ1) is 11.3. The number of hydrogen-bond donors (Lipinski definition) is 1. The van der Waals surface area contributed by atoms with Gasteiger partial charge in [-0.1, -0.05) is 0 Å². The average molecular weight is 230 g/mol. The van der Waals surface area contributed by atoms with Gasteiger partial charge in [0, 0.05) is 17.8 Å². The Balaban J connectivity index is 2.05. The number of hydrogen-bond acceptors (Lipinski definition) is 3. The Bertz CT molecular complexity index is 495. The molecule has 1 aliphatic rings. The molecule has 2 rings (SSSR count). The van der Waals surface area contributed by atoms with E-state index in [2.05, 4.69) is 5.32 Å². The van der Waals surface area contributed by atoms with Crippen molar-refractivity contribution >= 4 is 11.5 Å². The zero-order valence-electron chi connectivity index (χ0n) is 9.11. The van der Waals surface area contributed by atoms with Crippen LogP contribution in [0.15, 0.2) is 36.0 Å². The van der Waals surface area contributed by atoms with E-state index in [-0.39, 0.29) is 23.1 Å². The number of carbonyl (C=O) groups is 1. The Morgan fingerprint density at radius 3 is 2.59 bits per heavy atom. The summed E-state index contributed by atoms with van der Waals surface area (Å²) in [7, 11) is 0. The van der Waals surface area contributed by atoms with Gasteiger partial charge in [0.25, 0.3) is 0 Å². The summed E-state index contributed by atoms with van der Waals surface area (Å²) >= 11 is 0. The lowest BCUT2D eigenvalue weighted by molar-refractivity contribution is -0.116. The van der Waals surface area contributed by atoms with Gasteiger partial charge in [-0.3, -0.25) is 4.79 Å². The summed E-state index contributed by atoms with van der Waals surface area (Å²) in [6, 6.07) is 7.59. The van der Waals surface area contributed by atoms with Gasteiger partial charge in [-0.05, 0) is 37.1 Å². The normalized spacial score (nSPS) is 15.2. The minimum Gasteiger partial charge on any atom is -0.360 e. The molecule has 4 heteroatoms. The molecule has 0 aliphatic heterocycles. The molecular weight excluding hydrogens is 219 g/mol. The topological polar surface area (TPSA) is 52.9 Å². The van der Waals surface area contributed by atoms with Crippen LogP contribution in [0.3, 0.4) is 0 Å². The van der Waals surface area contributed by atoms with E-state index in [1.54, 1.807) is 12.1 Å². The highest BCUT2D eigenvalue weighted by atomic mass is 19.1. The van der Waals surface area contributed by atoms with Crippen LogP contribution in [-0.2, 0) is 4.79 Å². The summed E-state index contributed by atoms with van der Waals surface area (Å²) in [4.78, 5) is 11.6. The molecule has 0 atom stereocenters. The molecule has 0 unspecified atom stereocenters. The Morgan fingerprint density at radius 2 is 2.06 bits per heavy atom. The first-order valence-electron chi connectivity index (χ1n) is 5.37. The van der Waals surface area contributed by atoms with E-state index in [0.29, 0.717) is 5.69 Å². The van der Waals surface area contributed by atoms with Gasteiger partial charge in [0.15, 0.2) is 5.78 Å². The second-order valence-electron chi connectivity index (χ2n) is 3.96. The maximum atomic E-state index is 12.6. The molecule has 17 heavy (non-hydrogen) atoms. The lowest BCUT2D eigenvalue weighted by Crippen LogP contribution is -2.05. The fraction of sp³-hybridized carbons (Fsp3) is 0.231.